The van der Waals surface area contributed by atoms with Gasteiger partial charge in [0.05, 0.1) is 6.54 Å². The maximum absolute atomic E-state index is 11.3. The zero-order valence-electron chi connectivity index (χ0n) is 14.3. The first kappa shape index (κ1) is 24.9. The maximum atomic E-state index is 11.3. The van der Waals surface area contributed by atoms with E-state index in [1.54, 1.807) is 13.8 Å². The van der Waals surface area contributed by atoms with Crippen LogP contribution in [0.25, 0.3) is 0 Å². The van der Waals surface area contributed by atoms with Crippen molar-refractivity contribution in [3.8, 4) is 0 Å². The number of hydroxylamine groups is 2. The fourth-order valence-electron chi connectivity index (χ4n) is 1.77. The Morgan fingerprint density at radius 1 is 0.826 bits per heavy atom. The van der Waals surface area contributed by atoms with Crippen LogP contribution in [-0.4, -0.2) is 53.3 Å². The number of hydrogen-bond donors (Lipinski definition) is 0. The summed E-state index contributed by atoms with van der Waals surface area (Å²) in [6.45, 7) is 5.85. The van der Waals surface area contributed by atoms with Crippen LogP contribution in [0.2, 0.25) is 0 Å². The van der Waals surface area contributed by atoms with Crippen LogP contribution in [0, 0.1) is 0 Å². The predicted octanol–water partition coefficient (Wildman–Crippen LogP) is 3.68. The number of allylic oxidation sites excluding steroid dienone is 1. The van der Waals surface area contributed by atoms with E-state index in [9.17, 15) is 9.59 Å². The quantitative estimate of drug-likeness (QED) is 0.222. The molecule has 0 aromatic heterocycles. The molecule has 0 atom stereocenters. The monoisotopic (exact) mass is 337 g/mol. The van der Waals surface area contributed by atoms with Crippen LogP contribution >= 0.6 is 0 Å². The van der Waals surface area contributed by atoms with Gasteiger partial charge >= 0.3 is 41.5 Å². The van der Waals surface area contributed by atoms with Crippen molar-refractivity contribution in [2.75, 3.05) is 6.54 Å². The molecule has 5 nitrogen and oxygen atoms in total. The molecule has 0 rings (SSSR count). The zero-order chi connectivity index (χ0) is 16.6. The van der Waals surface area contributed by atoms with Crippen LogP contribution in [0.5, 0.6) is 0 Å². The fraction of sp³-hybridized carbons (Fsp3) is 0.765. The van der Waals surface area contributed by atoms with E-state index < -0.39 is 11.9 Å². The molecule has 0 aromatic carbocycles. The molecule has 0 bridgehead atoms. The van der Waals surface area contributed by atoms with E-state index in [2.05, 4.69) is 6.92 Å². The molecular weight excluding hydrogens is 305 g/mol. The molecule has 0 amide bonds. The van der Waals surface area contributed by atoms with Gasteiger partial charge in [0.1, 0.15) is 0 Å². The van der Waals surface area contributed by atoms with Crippen LogP contribution in [0.4, 0.5) is 0 Å². The summed E-state index contributed by atoms with van der Waals surface area (Å²) in [5.41, 5.74) is 0. The molecule has 6 heteroatoms. The topological polar surface area (TPSA) is 55.8 Å². The minimum absolute atomic E-state index is 0. The number of carbonyl (C=O) groups excluding carboxylic acids is 2. The second kappa shape index (κ2) is 18.0. The second-order valence-corrected chi connectivity index (χ2v) is 5.18. The SMILES string of the molecule is CCCCCCCCC=CCN(OC(=O)CC)OC(=O)CC.[NaH]. The van der Waals surface area contributed by atoms with Crippen LogP contribution in [-0.2, 0) is 19.3 Å². The summed E-state index contributed by atoms with van der Waals surface area (Å²) < 4.78 is 0. The van der Waals surface area contributed by atoms with Gasteiger partial charge in [-0.1, -0.05) is 65.0 Å². The molecule has 0 aromatic rings. The summed E-state index contributed by atoms with van der Waals surface area (Å²) in [7, 11) is 0. The molecular formula is C17H32NNaO4. The third kappa shape index (κ3) is 16.3. The van der Waals surface area contributed by atoms with Crippen molar-refractivity contribution < 1.29 is 19.3 Å². The number of hydrogen-bond acceptors (Lipinski definition) is 5. The molecule has 130 valence electrons. The van der Waals surface area contributed by atoms with Crippen molar-refractivity contribution in [1.82, 2.24) is 5.23 Å². The van der Waals surface area contributed by atoms with Crippen LogP contribution in [0.1, 0.15) is 78.6 Å². The predicted molar refractivity (Wildman–Crippen MR) is 93.8 cm³/mol. The first-order valence-corrected chi connectivity index (χ1v) is 8.48. The van der Waals surface area contributed by atoms with Gasteiger partial charge in [-0.2, -0.15) is 0 Å². The molecule has 0 aliphatic heterocycles. The summed E-state index contributed by atoms with van der Waals surface area (Å²) in [5.74, 6) is -0.846. The molecule has 0 unspecified atom stereocenters. The minimum atomic E-state index is -0.423. The number of carbonyl (C=O) groups is 2. The Bertz CT molecular complexity index is 317. The van der Waals surface area contributed by atoms with E-state index in [1.165, 1.54) is 32.1 Å². The van der Waals surface area contributed by atoms with Gasteiger partial charge in [0, 0.05) is 18.1 Å². The Hall–Kier alpha value is -0.360. The molecule has 0 aliphatic carbocycles. The van der Waals surface area contributed by atoms with E-state index in [0.717, 1.165) is 18.1 Å². The first-order valence-electron chi connectivity index (χ1n) is 8.48. The van der Waals surface area contributed by atoms with E-state index >= 15 is 0 Å². The molecule has 0 saturated heterocycles. The van der Waals surface area contributed by atoms with Crippen LogP contribution < -0.4 is 0 Å². The normalized spacial score (nSPS) is 10.6. The molecule has 0 radical (unpaired) electrons. The van der Waals surface area contributed by atoms with Crippen molar-refractivity contribution in [3.63, 3.8) is 0 Å². The van der Waals surface area contributed by atoms with Crippen molar-refractivity contribution >= 4 is 41.5 Å². The van der Waals surface area contributed by atoms with E-state index in [4.69, 9.17) is 9.68 Å². The van der Waals surface area contributed by atoms with E-state index in [-0.39, 0.29) is 48.9 Å². The summed E-state index contributed by atoms with van der Waals surface area (Å²) in [6.07, 6.45) is 12.9. The van der Waals surface area contributed by atoms with Gasteiger partial charge in [0.15, 0.2) is 0 Å². The van der Waals surface area contributed by atoms with E-state index in [0.29, 0.717) is 0 Å². The average Bonchev–Trinajstić information content (AvgIpc) is 2.52. The van der Waals surface area contributed by atoms with Crippen molar-refractivity contribution in [1.29, 1.82) is 0 Å². The summed E-state index contributed by atoms with van der Waals surface area (Å²) in [6, 6.07) is 0. The second-order valence-electron chi connectivity index (χ2n) is 5.18. The van der Waals surface area contributed by atoms with Gasteiger partial charge in [0.2, 0.25) is 0 Å². The average molecular weight is 337 g/mol. The summed E-state index contributed by atoms with van der Waals surface area (Å²) in [5, 5.41) is 0.954. The Morgan fingerprint density at radius 2 is 1.35 bits per heavy atom. The molecule has 0 fully saturated rings. The number of nitrogens with zero attached hydrogens (tertiary/aromatic N) is 1. The van der Waals surface area contributed by atoms with Gasteiger partial charge in [-0.3, -0.25) is 9.59 Å². The summed E-state index contributed by atoms with van der Waals surface area (Å²) in [4.78, 5) is 32.4. The Kier molecular flexibility index (Phi) is 19.5. The van der Waals surface area contributed by atoms with Gasteiger partial charge < -0.3 is 9.68 Å². The number of unbranched alkanes of at least 4 members (excludes halogenated alkanes) is 6. The number of rotatable bonds is 13. The summed E-state index contributed by atoms with van der Waals surface area (Å²) >= 11 is 0. The third-order valence-electron chi connectivity index (χ3n) is 3.13. The van der Waals surface area contributed by atoms with Crippen molar-refractivity contribution in [2.24, 2.45) is 0 Å². The molecule has 0 N–H and O–H groups in total. The standard InChI is InChI=1S/C17H31NO4.Na.H/c1-4-7-8-9-10-11-12-13-14-15-18(21-16(19)5-2)22-17(20)6-3;;/h13-14H,4-12,15H2,1-3H3;;. The Labute approximate surface area is 163 Å². The molecule has 0 heterocycles. The fourth-order valence-corrected chi connectivity index (χ4v) is 1.77. The molecule has 0 spiro atoms. The zero-order valence-corrected chi connectivity index (χ0v) is 14.3. The van der Waals surface area contributed by atoms with E-state index in [1.807, 2.05) is 12.2 Å². The van der Waals surface area contributed by atoms with Gasteiger partial charge in [-0.05, 0) is 12.8 Å². The molecule has 23 heavy (non-hydrogen) atoms. The first-order chi connectivity index (χ1) is 10.6. The van der Waals surface area contributed by atoms with Gasteiger partial charge in [-0.25, -0.2) is 0 Å². The van der Waals surface area contributed by atoms with Crippen molar-refractivity contribution in [2.45, 2.75) is 78.6 Å². The van der Waals surface area contributed by atoms with Gasteiger partial charge in [-0.15, -0.1) is 0 Å². The Balaban J connectivity index is 0. The van der Waals surface area contributed by atoms with Crippen molar-refractivity contribution in [3.05, 3.63) is 12.2 Å². The van der Waals surface area contributed by atoms with Crippen LogP contribution in [0.15, 0.2) is 12.2 Å². The molecule has 0 saturated carbocycles. The van der Waals surface area contributed by atoms with Crippen LogP contribution in [0.3, 0.4) is 0 Å². The third-order valence-corrected chi connectivity index (χ3v) is 3.13. The van der Waals surface area contributed by atoms with Gasteiger partial charge in [0.25, 0.3) is 0 Å². The molecule has 0 aliphatic rings. The Morgan fingerprint density at radius 3 is 1.87 bits per heavy atom.